The SMILES string of the molecule is COc1ccc(C2c3c(nc(N4CCC(C)CC4)[nH]c3=O)NC(=O)C2C#N)cc1OC. The first-order valence-electron chi connectivity index (χ1n) is 10.3. The number of piperidine rings is 1. The van der Waals surface area contributed by atoms with E-state index >= 15 is 0 Å². The lowest BCUT2D eigenvalue weighted by atomic mass is 9.79. The molecule has 1 amide bonds. The number of ether oxygens (including phenoxy) is 2. The molecule has 0 aliphatic carbocycles. The Balaban J connectivity index is 1.81. The lowest BCUT2D eigenvalue weighted by Crippen LogP contribution is -2.40. The molecular formula is C22H25N5O4. The summed E-state index contributed by atoms with van der Waals surface area (Å²) in [6.07, 6.45) is 2.02. The van der Waals surface area contributed by atoms with Gasteiger partial charge >= 0.3 is 0 Å². The summed E-state index contributed by atoms with van der Waals surface area (Å²) in [4.78, 5) is 35.4. The van der Waals surface area contributed by atoms with Crippen molar-refractivity contribution in [2.24, 2.45) is 11.8 Å². The maximum atomic E-state index is 13.2. The molecule has 31 heavy (non-hydrogen) atoms. The summed E-state index contributed by atoms with van der Waals surface area (Å²) in [6.45, 7) is 3.78. The highest BCUT2D eigenvalue weighted by molar-refractivity contribution is 5.98. The number of hydrogen-bond donors (Lipinski definition) is 2. The predicted molar refractivity (Wildman–Crippen MR) is 115 cm³/mol. The van der Waals surface area contributed by atoms with Crippen LogP contribution in [0.4, 0.5) is 11.8 Å². The summed E-state index contributed by atoms with van der Waals surface area (Å²) in [5.74, 6) is -0.0895. The van der Waals surface area contributed by atoms with Gasteiger partial charge in [0.2, 0.25) is 11.9 Å². The molecule has 9 nitrogen and oxygen atoms in total. The number of nitrogens with zero attached hydrogens (tertiary/aromatic N) is 3. The van der Waals surface area contributed by atoms with Gasteiger partial charge in [-0.15, -0.1) is 0 Å². The Morgan fingerprint density at radius 1 is 1.16 bits per heavy atom. The van der Waals surface area contributed by atoms with Crippen LogP contribution in [0.15, 0.2) is 23.0 Å². The van der Waals surface area contributed by atoms with Crippen molar-refractivity contribution in [1.29, 1.82) is 5.26 Å². The predicted octanol–water partition coefficient (Wildman–Crippen LogP) is 2.25. The van der Waals surface area contributed by atoms with Crippen molar-refractivity contribution in [2.45, 2.75) is 25.7 Å². The summed E-state index contributed by atoms with van der Waals surface area (Å²) in [5.41, 5.74) is 0.512. The van der Waals surface area contributed by atoms with E-state index in [0.29, 0.717) is 28.9 Å². The first kappa shape index (κ1) is 20.7. The maximum absolute atomic E-state index is 13.2. The molecule has 2 aromatic rings. The van der Waals surface area contributed by atoms with Gasteiger partial charge in [0.1, 0.15) is 11.7 Å². The average molecular weight is 423 g/mol. The number of anilines is 2. The fourth-order valence-electron chi connectivity index (χ4n) is 4.28. The lowest BCUT2D eigenvalue weighted by molar-refractivity contribution is -0.119. The van der Waals surface area contributed by atoms with Gasteiger partial charge in [-0.2, -0.15) is 10.2 Å². The van der Waals surface area contributed by atoms with E-state index in [4.69, 9.17) is 9.47 Å². The second-order valence-electron chi connectivity index (χ2n) is 8.01. The van der Waals surface area contributed by atoms with Gasteiger partial charge < -0.3 is 19.7 Å². The first-order chi connectivity index (χ1) is 15.0. The maximum Gasteiger partial charge on any atom is 0.258 e. The van der Waals surface area contributed by atoms with Gasteiger partial charge in [0, 0.05) is 19.0 Å². The Labute approximate surface area is 180 Å². The van der Waals surface area contributed by atoms with Crippen LogP contribution >= 0.6 is 0 Å². The number of carbonyl (C=O) groups is 1. The Hall–Kier alpha value is -3.54. The minimum Gasteiger partial charge on any atom is -0.493 e. The standard InChI is InChI=1S/C22H25N5O4/c1-12-6-8-27(9-7-12)22-25-19-18(21(29)26-22)17(14(11-23)20(28)24-19)13-4-5-15(30-2)16(10-13)31-3/h4-5,10,12,14,17H,6-9H2,1-3H3,(H2,24,25,26,28,29). The lowest BCUT2D eigenvalue weighted by Gasteiger charge is -2.33. The minimum atomic E-state index is -1.07. The number of amides is 1. The number of carbonyl (C=O) groups excluding carboxylic acids is 1. The second-order valence-corrected chi connectivity index (χ2v) is 8.01. The second kappa shape index (κ2) is 8.30. The van der Waals surface area contributed by atoms with Gasteiger partial charge in [-0.05, 0) is 36.5 Å². The molecule has 1 fully saturated rings. The fraction of sp³-hybridized carbons (Fsp3) is 0.455. The van der Waals surface area contributed by atoms with Gasteiger partial charge in [0.25, 0.3) is 5.56 Å². The van der Waals surface area contributed by atoms with Crippen LogP contribution in [0.3, 0.4) is 0 Å². The normalized spacial score (nSPS) is 21.1. The van der Waals surface area contributed by atoms with Gasteiger partial charge in [-0.1, -0.05) is 13.0 Å². The van der Waals surface area contributed by atoms with Gasteiger partial charge in [-0.3, -0.25) is 14.6 Å². The Morgan fingerprint density at radius 2 is 1.87 bits per heavy atom. The molecule has 4 rings (SSSR count). The number of nitriles is 1. The highest BCUT2D eigenvalue weighted by Gasteiger charge is 2.40. The molecule has 1 saturated heterocycles. The molecular weight excluding hydrogens is 398 g/mol. The van der Waals surface area contributed by atoms with Gasteiger partial charge in [0.05, 0.1) is 25.9 Å². The summed E-state index contributed by atoms with van der Waals surface area (Å²) in [6, 6.07) is 7.16. The van der Waals surface area contributed by atoms with E-state index in [9.17, 15) is 14.9 Å². The zero-order valence-corrected chi connectivity index (χ0v) is 17.8. The van der Waals surface area contributed by atoms with E-state index in [1.807, 2.05) is 11.0 Å². The molecule has 1 aromatic carbocycles. The molecule has 0 saturated carbocycles. The zero-order chi connectivity index (χ0) is 22.1. The minimum absolute atomic E-state index is 0.202. The van der Waals surface area contributed by atoms with E-state index in [0.717, 1.165) is 25.9 Å². The Bertz CT molecular complexity index is 1100. The number of benzene rings is 1. The number of fused-ring (bicyclic) bond motifs is 1. The molecule has 2 N–H and O–H groups in total. The highest BCUT2D eigenvalue weighted by Crippen LogP contribution is 2.41. The monoisotopic (exact) mass is 423 g/mol. The molecule has 162 valence electrons. The molecule has 2 unspecified atom stereocenters. The van der Waals surface area contributed by atoms with Gasteiger partial charge in [-0.25, -0.2) is 0 Å². The zero-order valence-electron chi connectivity index (χ0n) is 17.8. The van der Waals surface area contributed by atoms with Crippen LogP contribution < -0.4 is 25.2 Å². The molecule has 9 heteroatoms. The number of rotatable bonds is 4. The van der Waals surface area contributed by atoms with E-state index in [-0.39, 0.29) is 16.9 Å². The molecule has 3 heterocycles. The number of hydrogen-bond acceptors (Lipinski definition) is 7. The van der Waals surface area contributed by atoms with Crippen molar-refractivity contribution in [3.8, 4) is 17.6 Å². The quantitative estimate of drug-likeness (QED) is 0.774. The largest absolute Gasteiger partial charge is 0.493 e. The molecule has 0 bridgehead atoms. The summed E-state index contributed by atoms with van der Waals surface area (Å²) >= 11 is 0. The molecule has 2 aliphatic heterocycles. The number of aromatic nitrogens is 2. The Kier molecular flexibility index (Phi) is 5.55. The van der Waals surface area contributed by atoms with Crippen molar-refractivity contribution in [3.63, 3.8) is 0 Å². The number of H-pyrrole nitrogens is 1. The van der Waals surface area contributed by atoms with Crippen LogP contribution in [-0.2, 0) is 4.79 Å². The Morgan fingerprint density at radius 3 is 2.52 bits per heavy atom. The van der Waals surface area contributed by atoms with E-state index in [1.165, 1.54) is 14.2 Å². The summed E-state index contributed by atoms with van der Waals surface area (Å²) in [5, 5.41) is 12.4. The van der Waals surface area contributed by atoms with Crippen LogP contribution in [0.25, 0.3) is 0 Å². The number of methoxy groups -OCH3 is 2. The molecule has 0 radical (unpaired) electrons. The third-order valence-electron chi connectivity index (χ3n) is 6.10. The van der Waals surface area contributed by atoms with Gasteiger partial charge in [0.15, 0.2) is 11.5 Å². The molecule has 0 spiro atoms. The summed E-state index contributed by atoms with van der Waals surface area (Å²) < 4.78 is 10.7. The van der Waals surface area contributed by atoms with E-state index in [1.54, 1.807) is 18.2 Å². The smallest absolute Gasteiger partial charge is 0.258 e. The third-order valence-corrected chi connectivity index (χ3v) is 6.10. The number of aromatic amines is 1. The first-order valence-corrected chi connectivity index (χ1v) is 10.3. The summed E-state index contributed by atoms with van der Waals surface area (Å²) in [7, 11) is 3.03. The van der Waals surface area contributed by atoms with Crippen molar-refractivity contribution >= 4 is 17.7 Å². The molecule has 2 aliphatic rings. The highest BCUT2D eigenvalue weighted by atomic mass is 16.5. The molecule has 1 aromatic heterocycles. The topological polar surface area (TPSA) is 120 Å². The van der Waals surface area contributed by atoms with Crippen molar-refractivity contribution < 1.29 is 14.3 Å². The van der Waals surface area contributed by atoms with Crippen LogP contribution in [0, 0.1) is 23.2 Å². The van der Waals surface area contributed by atoms with E-state index in [2.05, 4.69) is 22.2 Å². The average Bonchev–Trinajstić information content (AvgIpc) is 2.78. The van der Waals surface area contributed by atoms with Crippen molar-refractivity contribution in [3.05, 3.63) is 39.7 Å². The third kappa shape index (κ3) is 3.69. The van der Waals surface area contributed by atoms with Crippen molar-refractivity contribution in [2.75, 3.05) is 37.5 Å². The van der Waals surface area contributed by atoms with Crippen molar-refractivity contribution in [1.82, 2.24) is 9.97 Å². The van der Waals surface area contributed by atoms with E-state index < -0.39 is 17.7 Å². The van der Waals surface area contributed by atoms with Crippen LogP contribution in [0.1, 0.15) is 36.8 Å². The fourth-order valence-corrected chi connectivity index (χ4v) is 4.28. The van der Waals surface area contributed by atoms with Crippen LogP contribution in [-0.4, -0.2) is 43.2 Å². The van der Waals surface area contributed by atoms with Crippen LogP contribution in [0.2, 0.25) is 0 Å². The number of nitrogens with one attached hydrogen (secondary N) is 2. The molecule has 2 atom stereocenters. The van der Waals surface area contributed by atoms with Crippen LogP contribution in [0.5, 0.6) is 11.5 Å².